The van der Waals surface area contributed by atoms with Crippen molar-refractivity contribution >= 4 is 27.9 Å². The highest BCUT2D eigenvalue weighted by Crippen LogP contribution is 2.28. The molecule has 0 saturated carbocycles. The summed E-state index contributed by atoms with van der Waals surface area (Å²) >= 11 is 1.36. The number of aromatic nitrogens is 2. The molecule has 104 valence electrons. The van der Waals surface area contributed by atoms with Gasteiger partial charge in [-0.05, 0) is 17.8 Å². The molecule has 2 aromatic rings. The highest BCUT2D eigenvalue weighted by molar-refractivity contribution is 7.15. The molecule has 0 atom stereocenters. The van der Waals surface area contributed by atoms with Gasteiger partial charge in [-0.1, -0.05) is 25.2 Å². The van der Waals surface area contributed by atoms with E-state index >= 15 is 0 Å². The van der Waals surface area contributed by atoms with E-state index in [1.54, 1.807) is 11.6 Å². The van der Waals surface area contributed by atoms with Crippen LogP contribution in [0.4, 0.5) is 11.6 Å². The third kappa shape index (κ3) is 2.54. The highest BCUT2D eigenvalue weighted by atomic mass is 32.1. The number of anilines is 1. The van der Waals surface area contributed by atoms with E-state index in [0.29, 0.717) is 11.5 Å². The molecule has 0 spiro atoms. The Bertz CT molecular complexity index is 587. The molecule has 0 aliphatic heterocycles. The van der Waals surface area contributed by atoms with E-state index in [9.17, 15) is 10.1 Å². The van der Waals surface area contributed by atoms with Crippen LogP contribution in [0.3, 0.4) is 0 Å². The summed E-state index contributed by atoms with van der Waals surface area (Å²) in [5.74, 6) is 0.249. The van der Waals surface area contributed by atoms with Gasteiger partial charge >= 0.3 is 5.82 Å². The van der Waals surface area contributed by atoms with Gasteiger partial charge in [0.25, 0.3) is 4.96 Å². The van der Waals surface area contributed by atoms with Gasteiger partial charge in [0.05, 0.1) is 0 Å². The zero-order valence-corrected chi connectivity index (χ0v) is 11.7. The van der Waals surface area contributed by atoms with Gasteiger partial charge in [-0.25, -0.2) is 0 Å². The summed E-state index contributed by atoms with van der Waals surface area (Å²) in [7, 11) is 0. The van der Waals surface area contributed by atoms with Crippen molar-refractivity contribution in [2.45, 2.75) is 32.2 Å². The summed E-state index contributed by atoms with van der Waals surface area (Å²) in [6.45, 7) is 4.47. The second kappa shape index (κ2) is 5.14. The molecular weight excluding hydrogens is 266 g/mol. The van der Waals surface area contributed by atoms with E-state index in [4.69, 9.17) is 5.73 Å². The van der Waals surface area contributed by atoms with Crippen molar-refractivity contribution in [2.75, 3.05) is 11.9 Å². The zero-order valence-electron chi connectivity index (χ0n) is 10.9. The highest BCUT2D eigenvalue weighted by Gasteiger charge is 2.26. The average Bonchev–Trinajstić information content (AvgIpc) is 2.95. The first kappa shape index (κ1) is 13.8. The zero-order chi connectivity index (χ0) is 14.0. The average molecular weight is 283 g/mol. The molecule has 3 N–H and O–H groups in total. The van der Waals surface area contributed by atoms with Crippen LogP contribution in [0.1, 0.15) is 26.7 Å². The van der Waals surface area contributed by atoms with Gasteiger partial charge in [-0.2, -0.15) is 9.38 Å². The molecule has 7 nitrogen and oxygen atoms in total. The quantitative estimate of drug-likeness (QED) is 0.625. The minimum atomic E-state index is -0.425. The van der Waals surface area contributed by atoms with E-state index in [-0.39, 0.29) is 17.2 Å². The molecule has 0 bridgehead atoms. The van der Waals surface area contributed by atoms with Crippen LogP contribution < -0.4 is 11.1 Å². The lowest BCUT2D eigenvalue weighted by Gasteiger charge is -2.26. The molecule has 19 heavy (non-hydrogen) atoms. The fraction of sp³-hybridized carbons (Fsp3) is 0.545. The number of hydrogen-bond acceptors (Lipinski definition) is 6. The first-order chi connectivity index (χ1) is 9.00. The normalized spacial score (nSPS) is 11.9. The number of nitro groups is 1. The fourth-order valence-electron chi connectivity index (χ4n) is 1.83. The lowest BCUT2D eigenvalue weighted by atomic mass is 9.94. The van der Waals surface area contributed by atoms with Crippen LogP contribution in [0.2, 0.25) is 0 Å². The first-order valence-corrected chi connectivity index (χ1v) is 7.01. The number of thiazole rings is 1. The molecule has 0 unspecified atom stereocenters. The SMILES string of the molecule is CCC(N)(CC)CNc1nc2sccn2c1[N+](=O)[O-]. The van der Waals surface area contributed by atoms with Crippen molar-refractivity contribution in [3.05, 3.63) is 21.7 Å². The van der Waals surface area contributed by atoms with Crippen LogP contribution in [0.15, 0.2) is 11.6 Å². The van der Waals surface area contributed by atoms with E-state index < -0.39 is 4.92 Å². The van der Waals surface area contributed by atoms with Crippen molar-refractivity contribution in [3.8, 4) is 0 Å². The molecule has 0 fully saturated rings. The summed E-state index contributed by atoms with van der Waals surface area (Å²) in [6, 6.07) is 0. The molecule has 0 amide bonds. The number of hydrogen-bond donors (Lipinski definition) is 2. The summed E-state index contributed by atoms with van der Waals surface area (Å²) in [6.07, 6.45) is 3.24. The van der Waals surface area contributed by atoms with Crippen molar-refractivity contribution in [2.24, 2.45) is 5.73 Å². The minimum Gasteiger partial charge on any atom is -0.361 e. The monoisotopic (exact) mass is 283 g/mol. The maximum Gasteiger partial charge on any atom is 0.372 e. The molecule has 0 saturated heterocycles. The van der Waals surface area contributed by atoms with Crippen LogP contribution in [-0.2, 0) is 0 Å². The van der Waals surface area contributed by atoms with E-state index in [2.05, 4.69) is 10.3 Å². The predicted molar refractivity (Wildman–Crippen MR) is 75.7 cm³/mol. The first-order valence-electron chi connectivity index (χ1n) is 6.13. The summed E-state index contributed by atoms with van der Waals surface area (Å²) in [5, 5.41) is 15.9. The molecule has 0 radical (unpaired) electrons. The number of fused-ring (bicyclic) bond motifs is 1. The van der Waals surface area contributed by atoms with Gasteiger partial charge < -0.3 is 21.2 Å². The largest absolute Gasteiger partial charge is 0.372 e. The van der Waals surface area contributed by atoms with Gasteiger partial charge in [0, 0.05) is 17.5 Å². The molecule has 2 heterocycles. The van der Waals surface area contributed by atoms with Gasteiger partial charge in [0.2, 0.25) is 5.82 Å². The Morgan fingerprint density at radius 2 is 2.26 bits per heavy atom. The molecule has 2 aromatic heterocycles. The van der Waals surface area contributed by atoms with Gasteiger partial charge in [0.15, 0.2) is 0 Å². The number of nitrogens with one attached hydrogen (secondary N) is 1. The van der Waals surface area contributed by atoms with Gasteiger partial charge in [-0.15, -0.1) is 0 Å². The third-order valence-corrected chi connectivity index (χ3v) is 4.18. The summed E-state index contributed by atoms with van der Waals surface area (Å²) in [5.41, 5.74) is 5.81. The van der Waals surface area contributed by atoms with Crippen LogP contribution >= 0.6 is 11.3 Å². The standard InChI is InChI=1S/C11H17N5O2S/c1-3-11(12,4-2)7-13-8-9(16(17)18)15-5-6-19-10(15)14-8/h5-6,13H,3-4,7,12H2,1-2H3. The van der Waals surface area contributed by atoms with Crippen molar-refractivity contribution in [1.29, 1.82) is 0 Å². The van der Waals surface area contributed by atoms with Crippen LogP contribution in [0.25, 0.3) is 4.96 Å². The fourth-order valence-corrected chi connectivity index (χ4v) is 2.54. The lowest BCUT2D eigenvalue weighted by molar-refractivity contribution is -0.389. The number of rotatable bonds is 6. The van der Waals surface area contributed by atoms with Gasteiger partial charge in [-0.3, -0.25) is 0 Å². The summed E-state index contributed by atoms with van der Waals surface area (Å²) in [4.78, 5) is 15.6. The molecule has 0 aliphatic carbocycles. The third-order valence-electron chi connectivity index (χ3n) is 3.43. The Morgan fingerprint density at radius 1 is 1.58 bits per heavy atom. The number of nitrogens with two attached hydrogens (primary N) is 1. The number of nitrogens with zero attached hydrogens (tertiary/aromatic N) is 3. The lowest BCUT2D eigenvalue weighted by Crippen LogP contribution is -2.45. The second-order valence-corrected chi connectivity index (χ2v) is 5.39. The van der Waals surface area contributed by atoms with Crippen molar-refractivity contribution in [3.63, 3.8) is 0 Å². The number of imidazole rings is 1. The topological polar surface area (TPSA) is 98.5 Å². The second-order valence-electron chi connectivity index (χ2n) is 4.52. The summed E-state index contributed by atoms with van der Waals surface area (Å²) < 4.78 is 1.48. The Kier molecular flexibility index (Phi) is 3.72. The van der Waals surface area contributed by atoms with Crippen LogP contribution in [-0.4, -0.2) is 26.4 Å². The maximum atomic E-state index is 11.1. The Hall–Kier alpha value is -1.67. The Balaban J connectivity index is 2.27. The molecule has 2 rings (SSSR count). The van der Waals surface area contributed by atoms with Crippen LogP contribution in [0.5, 0.6) is 0 Å². The van der Waals surface area contributed by atoms with Crippen molar-refractivity contribution in [1.82, 2.24) is 9.38 Å². The van der Waals surface area contributed by atoms with E-state index in [0.717, 1.165) is 12.8 Å². The van der Waals surface area contributed by atoms with Crippen LogP contribution in [0, 0.1) is 10.1 Å². The molecular formula is C11H17N5O2S. The smallest absolute Gasteiger partial charge is 0.361 e. The Morgan fingerprint density at radius 3 is 2.84 bits per heavy atom. The van der Waals surface area contributed by atoms with E-state index in [1.807, 2.05) is 13.8 Å². The van der Waals surface area contributed by atoms with Crippen molar-refractivity contribution < 1.29 is 4.92 Å². The molecule has 0 aromatic carbocycles. The van der Waals surface area contributed by atoms with E-state index in [1.165, 1.54) is 15.7 Å². The maximum absolute atomic E-state index is 11.1. The Labute approximate surface area is 114 Å². The minimum absolute atomic E-state index is 0.0363. The molecule has 8 heteroatoms. The van der Waals surface area contributed by atoms with Gasteiger partial charge in [0.1, 0.15) is 6.20 Å². The molecule has 0 aliphatic rings. The predicted octanol–water partition coefficient (Wildman–Crippen LogP) is 2.23.